The van der Waals surface area contributed by atoms with Crippen LogP contribution >= 0.6 is 35.4 Å². The van der Waals surface area contributed by atoms with Crippen molar-refractivity contribution in [3.8, 4) is 0 Å². The molecule has 17 heavy (non-hydrogen) atoms. The molecule has 2 nitrogen and oxygen atoms in total. The molecule has 1 aliphatic rings. The van der Waals surface area contributed by atoms with Crippen LogP contribution in [0.25, 0.3) is 0 Å². The Kier molecular flexibility index (Phi) is 4.48. The second-order valence-corrected chi connectivity index (χ2v) is 5.43. The first-order chi connectivity index (χ1) is 8.15. The lowest BCUT2D eigenvalue weighted by Crippen LogP contribution is -2.35. The summed E-state index contributed by atoms with van der Waals surface area (Å²) in [6.07, 6.45) is 4.96. The van der Waals surface area contributed by atoms with Crippen molar-refractivity contribution in [2.24, 2.45) is 0 Å². The quantitative estimate of drug-likeness (QED) is 0.797. The van der Waals surface area contributed by atoms with Gasteiger partial charge in [-0.2, -0.15) is 0 Å². The molecule has 0 bridgehead atoms. The van der Waals surface area contributed by atoms with Gasteiger partial charge in [-0.1, -0.05) is 36.0 Å². The second kappa shape index (κ2) is 5.89. The first kappa shape index (κ1) is 12.9. The Bertz CT molecular complexity index is 417. The molecule has 1 aromatic carbocycles. The van der Waals surface area contributed by atoms with Crippen LogP contribution in [0.1, 0.15) is 25.7 Å². The number of anilines is 1. The van der Waals surface area contributed by atoms with Crippen molar-refractivity contribution < 1.29 is 0 Å². The molecule has 2 rings (SSSR count). The average Bonchev–Trinajstić information content (AvgIpc) is 2.76. The van der Waals surface area contributed by atoms with Crippen LogP contribution in [0.5, 0.6) is 0 Å². The minimum atomic E-state index is 0.512. The average molecular weight is 289 g/mol. The van der Waals surface area contributed by atoms with E-state index in [9.17, 15) is 0 Å². The molecule has 2 N–H and O–H groups in total. The number of nitrogens with one attached hydrogen (secondary N) is 2. The molecule has 0 atom stereocenters. The van der Waals surface area contributed by atoms with Crippen LogP contribution in [0.4, 0.5) is 5.69 Å². The maximum Gasteiger partial charge on any atom is 0.170 e. The minimum absolute atomic E-state index is 0.512. The zero-order chi connectivity index (χ0) is 12.3. The molecule has 0 heterocycles. The zero-order valence-electron chi connectivity index (χ0n) is 9.30. The van der Waals surface area contributed by atoms with E-state index in [0.29, 0.717) is 21.2 Å². The lowest BCUT2D eigenvalue weighted by atomic mass is 10.2. The predicted octanol–water partition coefficient (Wildman–Crippen LogP) is 4.22. The van der Waals surface area contributed by atoms with Crippen LogP contribution in [-0.2, 0) is 0 Å². The van der Waals surface area contributed by atoms with E-state index < -0.39 is 0 Å². The molecule has 0 saturated heterocycles. The normalized spacial score (nSPS) is 15.9. The molecule has 0 unspecified atom stereocenters. The molecule has 92 valence electrons. The molecule has 0 spiro atoms. The monoisotopic (exact) mass is 288 g/mol. The third-order valence-electron chi connectivity index (χ3n) is 2.87. The SMILES string of the molecule is S=C(Nc1ccc(Cl)c(Cl)c1)NC1CCCC1. The summed E-state index contributed by atoms with van der Waals surface area (Å²) in [6.45, 7) is 0. The Balaban J connectivity index is 1.90. The van der Waals surface area contributed by atoms with Crippen LogP contribution in [0, 0.1) is 0 Å². The lowest BCUT2D eigenvalue weighted by molar-refractivity contribution is 0.634. The highest BCUT2D eigenvalue weighted by atomic mass is 35.5. The maximum absolute atomic E-state index is 5.93. The fourth-order valence-corrected chi connectivity index (χ4v) is 2.58. The summed E-state index contributed by atoms with van der Waals surface area (Å²) < 4.78 is 0. The summed E-state index contributed by atoms with van der Waals surface area (Å²) in [6, 6.07) is 5.89. The highest BCUT2D eigenvalue weighted by Crippen LogP contribution is 2.25. The van der Waals surface area contributed by atoms with Crippen molar-refractivity contribution in [2.45, 2.75) is 31.7 Å². The fourth-order valence-electron chi connectivity index (χ4n) is 2.00. The van der Waals surface area contributed by atoms with Gasteiger partial charge in [0.1, 0.15) is 0 Å². The number of benzene rings is 1. The number of thiocarbonyl (C=S) groups is 1. The summed E-state index contributed by atoms with van der Waals surface area (Å²) in [5.74, 6) is 0. The molecule has 0 aliphatic heterocycles. The molecular weight excluding hydrogens is 275 g/mol. The van der Waals surface area contributed by atoms with Gasteiger partial charge in [-0.25, -0.2) is 0 Å². The lowest BCUT2D eigenvalue weighted by Gasteiger charge is -2.15. The molecule has 0 radical (unpaired) electrons. The van der Waals surface area contributed by atoms with Crippen molar-refractivity contribution in [3.05, 3.63) is 28.2 Å². The van der Waals surface area contributed by atoms with Gasteiger partial charge in [0.05, 0.1) is 10.0 Å². The Hall–Kier alpha value is -0.510. The second-order valence-electron chi connectivity index (χ2n) is 4.21. The first-order valence-corrected chi connectivity index (χ1v) is 6.84. The summed E-state index contributed by atoms with van der Waals surface area (Å²) >= 11 is 17.0. The molecule has 1 aromatic rings. The number of halogens is 2. The van der Waals surface area contributed by atoms with Crippen LogP contribution in [0.15, 0.2) is 18.2 Å². The summed E-state index contributed by atoms with van der Waals surface area (Å²) in [5, 5.41) is 8.14. The van der Waals surface area contributed by atoms with Crippen molar-refractivity contribution in [3.63, 3.8) is 0 Å². The van der Waals surface area contributed by atoms with Crippen LogP contribution in [-0.4, -0.2) is 11.2 Å². The highest BCUT2D eigenvalue weighted by Gasteiger charge is 2.15. The van der Waals surface area contributed by atoms with E-state index in [0.717, 1.165) is 5.69 Å². The van der Waals surface area contributed by atoms with Crippen molar-refractivity contribution in [2.75, 3.05) is 5.32 Å². The summed E-state index contributed by atoms with van der Waals surface area (Å²) in [5.41, 5.74) is 0.856. The Labute approximate surface area is 117 Å². The largest absolute Gasteiger partial charge is 0.360 e. The molecule has 1 fully saturated rings. The van der Waals surface area contributed by atoms with Gasteiger partial charge in [0.2, 0.25) is 0 Å². The Morgan fingerprint density at radius 3 is 2.53 bits per heavy atom. The van der Waals surface area contributed by atoms with E-state index in [1.807, 2.05) is 6.07 Å². The van der Waals surface area contributed by atoms with Gasteiger partial charge in [-0.15, -0.1) is 0 Å². The van der Waals surface area contributed by atoms with Crippen LogP contribution in [0.2, 0.25) is 10.0 Å². The smallest absolute Gasteiger partial charge is 0.170 e. The maximum atomic E-state index is 5.93. The van der Waals surface area contributed by atoms with E-state index in [4.69, 9.17) is 35.4 Å². The molecular formula is C12H14Cl2N2S. The molecule has 0 aromatic heterocycles. The van der Waals surface area contributed by atoms with Gasteiger partial charge >= 0.3 is 0 Å². The fraction of sp³-hybridized carbons (Fsp3) is 0.417. The molecule has 1 aliphatic carbocycles. The van der Waals surface area contributed by atoms with Gasteiger partial charge < -0.3 is 10.6 Å². The van der Waals surface area contributed by atoms with E-state index in [2.05, 4.69) is 10.6 Å². The van der Waals surface area contributed by atoms with Gasteiger partial charge in [-0.3, -0.25) is 0 Å². The van der Waals surface area contributed by atoms with Crippen molar-refractivity contribution >= 4 is 46.2 Å². The van der Waals surface area contributed by atoms with E-state index in [1.165, 1.54) is 25.7 Å². The van der Waals surface area contributed by atoms with Gasteiger partial charge in [-0.05, 0) is 43.3 Å². The van der Waals surface area contributed by atoms with Crippen molar-refractivity contribution in [1.29, 1.82) is 0 Å². The highest BCUT2D eigenvalue weighted by molar-refractivity contribution is 7.80. The third kappa shape index (κ3) is 3.73. The van der Waals surface area contributed by atoms with Gasteiger partial charge in [0, 0.05) is 11.7 Å². The van der Waals surface area contributed by atoms with Crippen LogP contribution < -0.4 is 10.6 Å². The Morgan fingerprint density at radius 2 is 1.88 bits per heavy atom. The molecule has 0 amide bonds. The van der Waals surface area contributed by atoms with Crippen molar-refractivity contribution in [1.82, 2.24) is 5.32 Å². The Morgan fingerprint density at radius 1 is 1.18 bits per heavy atom. The first-order valence-electron chi connectivity index (χ1n) is 5.68. The minimum Gasteiger partial charge on any atom is -0.360 e. The predicted molar refractivity (Wildman–Crippen MR) is 78.1 cm³/mol. The van der Waals surface area contributed by atoms with E-state index in [1.54, 1.807) is 12.1 Å². The summed E-state index contributed by atoms with van der Waals surface area (Å²) in [7, 11) is 0. The third-order valence-corrected chi connectivity index (χ3v) is 3.83. The van der Waals surface area contributed by atoms with Crippen LogP contribution in [0.3, 0.4) is 0 Å². The number of rotatable bonds is 2. The summed E-state index contributed by atoms with van der Waals surface area (Å²) in [4.78, 5) is 0. The number of hydrogen-bond acceptors (Lipinski definition) is 1. The zero-order valence-corrected chi connectivity index (χ0v) is 11.6. The molecule has 5 heteroatoms. The number of hydrogen-bond donors (Lipinski definition) is 2. The van der Waals surface area contributed by atoms with Gasteiger partial charge in [0.15, 0.2) is 5.11 Å². The standard InChI is InChI=1S/C12H14Cl2N2S/c13-10-6-5-9(7-11(10)14)16-12(17)15-8-3-1-2-4-8/h5-8H,1-4H2,(H2,15,16,17). The molecule has 1 saturated carbocycles. The van der Waals surface area contributed by atoms with Gasteiger partial charge in [0.25, 0.3) is 0 Å². The van der Waals surface area contributed by atoms with E-state index in [-0.39, 0.29) is 0 Å². The van der Waals surface area contributed by atoms with E-state index >= 15 is 0 Å². The topological polar surface area (TPSA) is 24.1 Å².